The lowest BCUT2D eigenvalue weighted by molar-refractivity contribution is -0.136. The summed E-state index contributed by atoms with van der Waals surface area (Å²) in [6.07, 6.45) is 2.63. The Morgan fingerprint density at radius 3 is 2.46 bits per heavy atom. The first-order valence-electron chi connectivity index (χ1n) is 9.00. The van der Waals surface area contributed by atoms with E-state index in [9.17, 15) is 4.79 Å². The Morgan fingerprint density at radius 1 is 1.23 bits per heavy atom. The van der Waals surface area contributed by atoms with E-state index >= 15 is 0 Å². The van der Waals surface area contributed by atoms with E-state index in [0.29, 0.717) is 13.2 Å². The van der Waals surface area contributed by atoms with E-state index in [0.717, 1.165) is 45.4 Å². The molecular weight excluding hydrogens is 373 g/mol. The summed E-state index contributed by atoms with van der Waals surface area (Å²) in [6.45, 7) is 7.06. The number of anilines is 1. The molecule has 0 bridgehead atoms. The van der Waals surface area contributed by atoms with E-state index in [1.54, 1.807) is 7.11 Å². The highest BCUT2D eigenvalue weighted by molar-refractivity contribution is 5.85. The summed E-state index contributed by atoms with van der Waals surface area (Å²) in [5, 5.41) is 6.45. The molecule has 0 aliphatic carbocycles. The minimum atomic E-state index is -0.357. The molecule has 0 atom stereocenters. The normalized spacial score (nSPS) is 15.3. The molecule has 0 unspecified atom stereocenters. The van der Waals surface area contributed by atoms with Gasteiger partial charge in [-0.25, -0.2) is 0 Å². The molecule has 0 radical (unpaired) electrons. The fourth-order valence-electron chi connectivity index (χ4n) is 3.39. The molecule has 0 aromatic heterocycles. The van der Waals surface area contributed by atoms with Gasteiger partial charge in [-0.05, 0) is 51.4 Å². The monoisotopic (exact) mass is 405 g/mol. The van der Waals surface area contributed by atoms with Crippen molar-refractivity contribution in [1.82, 2.24) is 10.6 Å². The highest BCUT2D eigenvalue weighted by atomic mass is 35.5. The zero-order valence-corrected chi connectivity index (χ0v) is 17.5. The molecule has 26 heavy (non-hydrogen) atoms. The van der Waals surface area contributed by atoms with Crippen LogP contribution in [-0.2, 0) is 9.53 Å². The molecule has 0 spiro atoms. The third-order valence-corrected chi connectivity index (χ3v) is 4.86. The molecule has 7 heteroatoms. The summed E-state index contributed by atoms with van der Waals surface area (Å²) in [5.74, 6) is 0.147. The zero-order valence-electron chi connectivity index (χ0n) is 15.8. The van der Waals surface area contributed by atoms with Crippen LogP contribution in [0.15, 0.2) is 30.3 Å². The predicted molar refractivity (Wildman–Crippen MR) is 113 cm³/mol. The van der Waals surface area contributed by atoms with Gasteiger partial charge >= 0.3 is 0 Å². The second-order valence-electron chi connectivity index (χ2n) is 6.49. The van der Waals surface area contributed by atoms with Gasteiger partial charge < -0.3 is 20.3 Å². The Labute approximate surface area is 170 Å². The summed E-state index contributed by atoms with van der Waals surface area (Å²) < 4.78 is 5.33. The Balaban J connectivity index is 0.00000312. The molecule has 2 N–H and O–H groups in total. The van der Waals surface area contributed by atoms with E-state index in [1.807, 2.05) is 6.07 Å². The molecule has 1 aromatic carbocycles. The van der Waals surface area contributed by atoms with Crippen LogP contribution in [0.25, 0.3) is 0 Å². The second-order valence-corrected chi connectivity index (χ2v) is 6.49. The van der Waals surface area contributed by atoms with Gasteiger partial charge in [0, 0.05) is 32.4 Å². The molecule has 150 valence electrons. The Kier molecular flexibility index (Phi) is 12.7. The Bertz CT molecular complexity index is 491. The van der Waals surface area contributed by atoms with Gasteiger partial charge in [0.1, 0.15) is 0 Å². The van der Waals surface area contributed by atoms with Gasteiger partial charge in [0.15, 0.2) is 0 Å². The van der Waals surface area contributed by atoms with E-state index in [1.165, 1.54) is 5.69 Å². The van der Waals surface area contributed by atoms with Crippen molar-refractivity contribution < 1.29 is 9.53 Å². The Hall–Kier alpha value is -1.01. The number of nitrogens with zero attached hydrogens (tertiary/aromatic N) is 1. The van der Waals surface area contributed by atoms with Crippen molar-refractivity contribution in [2.24, 2.45) is 5.41 Å². The number of amides is 1. The topological polar surface area (TPSA) is 53.6 Å². The van der Waals surface area contributed by atoms with Crippen LogP contribution in [-0.4, -0.2) is 52.3 Å². The number of methoxy groups -OCH3 is 1. The number of nitrogens with one attached hydrogen (secondary N) is 2. The fourth-order valence-corrected chi connectivity index (χ4v) is 3.39. The number of para-hydroxylation sites is 1. The van der Waals surface area contributed by atoms with Crippen LogP contribution in [0.3, 0.4) is 0 Å². The standard InChI is InChI=1S/C19H31N3O2.2ClH/c1-3-22(17-8-5-4-6-9-17)15-7-12-21-18(23)19(16-24-2)10-13-20-14-11-19;;/h4-6,8-9,20H,3,7,10-16H2,1-2H3,(H,21,23);2*1H. The number of rotatable bonds is 9. The van der Waals surface area contributed by atoms with Crippen LogP contribution in [0.1, 0.15) is 26.2 Å². The van der Waals surface area contributed by atoms with Crippen LogP contribution in [0.5, 0.6) is 0 Å². The second kappa shape index (κ2) is 13.2. The van der Waals surface area contributed by atoms with Crippen LogP contribution < -0.4 is 15.5 Å². The number of carbonyl (C=O) groups excluding carboxylic acids is 1. The SMILES string of the molecule is CCN(CCCNC(=O)C1(COC)CCNCC1)c1ccccc1.Cl.Cl. The molecule has 1 heterocycles. The van der Waals surface area contributed by atoms with E-state index in [2.05, 4.69) is 46.7 Å². The summed E-state index contributed by atoms with van der Waals surface area (Å²) in [5.41, 5.74) is 0.879. The van der Waals surface area contributed by atoms with Crippen molar-refractivity contribution in [3.8, 4) is 0 Å². The van der Waals surface area contributed by atoms with E-state index < -0.39 is 0 Å². The smallest absolute Gasteiger partial charge is 0.228 e. The van der Waals surface area contributed by atoms with Crippen molar-refractivity contribution in [2.75, 3.05) is 51.3 Å². The number of ether oxygens (including phenoxy) is 1. The molecule has 1 amide bonds. The van der Waals surface area contributed by atoms with Crippen LogP contribution in [0.4, 0.5) is 5.69 Å². The fraction of sp³-hybridized carbons (Fsp3) is 0.632. The first kappa shape index (κ1) is 25.0. The molecule has 0 saturated carbocycles. The Morgan fingerprint density at radius 2 is 1.88 bits per heavy atom. The van der Waals surface area contributed by atoms with Gasteiger partial charge in [-0.2, -0.15) is 0 Å². The van der Waals surface area contributed by atoms with Gasteiger partial charge in [-0.15, -0.1) is 24.8 Å². The molecule has 1 aromatic rings. The van der Waals surface area contributed by atoms with Crippen LogP contribution >= 0.6 is 24.8 Å². The first-order valence-corrected chi connectivity index (χ1v) is 9.00. The number of benzene rings is 1. The molecule has 5 nitrogen and oxygen atoms in total. The average molecular weight is 406 g/mol. The minimum absolute atomic E-state index is 0. The third kappa shape index (κ3) is 6.95. The lowest BCUT2D eigenvalue weighted by Gasteiger charge is -2.35. The molecule has 1 saturated heterocycles. The van der Waals surface area contributed by atoms with E-state index in [-0.39, 0.29) is 36.1 Å². The zero-order chi connectivity index (χ0) is 17.3. The summed E-state index contributed by atoms with van der Waals surface area (Å²) in [4.78, 5) is 15.0. The number of hydrogen-bond acceptors (Lipinski definition) is 4. The quantitative estimate of drug-likeness (QED) is 0.620. The van der Waals surface area contributed by atoms with E-state index in [4.69, 9.17) is 4.74 Å². The largest absolute Gasteiger partial charge is 0.384 e. The average Bonchev–Trinajstić information content (AvgIpc) is 2.63. The maximum Gasteiger partial charge on any atom is 0.228 e. The van der Waals surface area contributed by atoms with Gasteiger partial charge in [-0.1, -0.05) is 18.2 Å². The summed E-state index contributed by atoms with van der Waals surface area (Å²) in [6, 6.07) is 10.4. The number of hydrogen-bond donors (Lipinski definition) is 2. The van der Waals surface area contributed by atoms with Gasteiger partial charge in [0.05, 0.1) is 12.0 Å². The van der Waals surface area contributed by atoms with Crippen molar-refractivity contribution in [3.05, 3.63) is 30.3 Å². The van der Waals surface area contributed by atoms with Crippen LogP contribution in [0, 0.1) is 5.41 Å². The lowest BCUT2D eigenvalue weighted by atomic mass is 9.78. The highest BCUT2D eigenvalue weighted by Crippen LogP contribution is 2.29. The molecular formula is C19H33Cl2N3O2. The molecule has 2 rings (SSSR count). The number of halogens is 2. The molecule has 1 aliphatic rings. The van der Waals surface area contributed by atoms with Crippen LogP contribution in [0.2, 0.25) is 0 Å². The van der Waals surface area contributed by atoms with Gasteiger partial charge in [-0.3, -0.25) is 4.79 Å². The minimum Gasteiger partial charge on any atom is -0.384 e. The summed E-state index contributed by atoms with van der Waals surface area (Å²) in [7, 11) is 1.68. The third-order valence-electron chi connectivity index (χ3n) is 4.86. The van der Waals surface area contributed by atoms with Crippen molar-refractivity contribution in [1.29, 1.82) is 0 Å². The van der Waals surface area contributed by atoms with Crippen molar-refractivity contribution in [2.45, 2.75) is 26.2 Å². The van der Waals surface area contributed by atoms with Gasteiger partial charge in [0.2, 0.25) is 5.91 Å². The van der Waals surface area contributed by atoms with Crippen molar-refractivity contribution in [3.63, 3.8) is 0 Å². The molecule has 1 fully saturated rings. The lowest BCUT2D eigenvalue weighted by Crippen LogP contribution is -2.50. The summed E-state index contributed by atoms with van der Waals surface area (Å²) >= 11 is 0. The van der Waals surface area contributed by atoms with Crippen molar-refractivity contribution >= 4 is 36.4 Å². The first-order chi connectivity index (χ1) is 11.7. The highest BCUT2D eigenvalue weighted by Gasteiger charge is 2.39. The number of piperidine rings is 1. The maximum atomic E-state index is 12.7. The van der Waals surface area contributed by atoms with Gasteiger partial charge in [0.25, 0.3) is 0 Å². The maximum absolute atomic E-state index is 12.7. The molecule has 1 aliphatic heterocycles. The predicted octanol–water partition coefficient (Wildman–Crippen LogP) is 2.88. The number of carbonyl (C=O) groups is 1.